The maximum Gasteiger partial charge on any atom is 0.264 e. The van der Waals surface area contributed by atoms with Crippen LogP contribution in [0.2, 0.25) is 0 Å². The average Bonchev–Trinajstić information content (AvgIpc) is 3.01. The second-order valence-corrected chi connectivity index (χ2v) is 14.1. The van der Waals surface area contributed by atoms with Crippen LogP contribution in [0.5, 0.6) is 0 Å². The molecule has 0 saturated carbocycles. The normalized spacial score (nSPS) is 11.9. The van der Waals surface area contributed by atoms with Crippen LogP contribution in [0.1, 0.15) is 30.0 Å². The first-order valence-electron chi connectivity index (χ1n) is 14.3. The van der Waals surface area contributed by atoms with Crippen LogP contribution in [-0.2, 0) is 32.6 Å². The van der Waals surface area contributed by atoms with E-state index in [2.05, 4.69) is 37.2 Å². The van der Waals surface area contributed by atoms with E-state index < -0.39 is 28.5 Å². The lowest BCUT2D eigenvalue weighted by atomic mass is 10.0. The lowest BCUT2D eigenvalue weighted by Gasteiger charge is -2.34. The second-order valence-electron chi connectivity index (χ2n) is 10.4. The van der Waals surface area contributed by atoms with Crippen LogP contribution < -0.4 is 9.62 Å². The van der Waals surface area contributed by atoms with Gasteiger partial charge < -0.3 is 10.2 Å². The van der Waals surface area contributed by atoms with Crippen molar-refractivity contribution in [2.24, 2.45) is 0 Å². The van der Waals surface area contributed by atoms with Gasteiger partial charge in [0.05, 0.1) is 10.6 Å². The number of aryl methyl sites for hydroxylation is 1. The summed E-state index contributed by atoms with van der Waals surface area (Å²) in [7, 11) is -4.15. The average molecular weight is 742 g/mol. The highest BCUT2D eigenvalue weighted by molar-refractivity contribution is 9.10. The van der Waals surface area contributed by atoms with Crippen LogP contribution in [0, 0.1) is 6.92 Å². The Kier molecular flexibility index (Phi) is 11.8. The number of nitrogens with zero attached hydrogens (tertiary/aromatic N) is 2. The van der Waals surface area contributed by atoms with E-state index in [0.29, 0.717) is 12.2 Å². The Bertz CT molecular complexity index is 1670. The Labute approximate surface area is 276 Å². The molecule has 0 aliphatic heterocycles. The molecule has 7 nitrogen and oxygen atoms in total. The van der Waals surface area contributed by atoms with Crippen molar-refractivity contribution in [1.29, 1.82) is 0 Å². The maximum atomic E-state index is 14.4. The predicted molar refractivity (Wildman–Crippen MR) is 182 cm³/mol. The number of amides is 2. The molecule has 1 unspecified atom stereocenters. The molecule has 4 aromatic rings. The lowest BCUT2D eigenvalue weighted by molar-refractivity contribution is -0.140. The summed E-state index contributed by atoms with van der Waals surface area (Å²) in [5.74, 6) is -0.799. The predicted octanol–water partition coefficient (Wildman–Crippen LogP) is 6.88. The van der Waals surface area contributed by atoms with Gasteiger partial charge in [0.15, 0.2) is 0 Å². The van der Waals surface area contributed by atoms with Crippen molar-refractivity contribution >= 4 is 59.4 Å². The molecule has 1 atom stereocenters. The molecule has 0 saturated heterocycles. The Morgan fingerprint density at radius 3 is 2.11 bits per heavy atom. The van der Waals surface area contributed by atoms with Gasteiger partial charge in [0.2, 0.25) is 11.8 Å². The van der Waals surface area contributed by atoms with Gasteiger partial charge in [-0.25, -0.2) is 8.42 Å². The van der Waals surface area contributed by atoms with Crippen molar-refractivity contribution in [3.05, 3.63) is 129 Å². The number of nitrogens with one attached hydrogen (secondary N) is 1. The van der Waals surface area contributed by atoms with Gasteiger partial charge in [0.1, 0.15) is 12.6 Å². The van der Waals surface area contributed by atoms with E-state index in [0.717, 1.165) is 36.4 Å². The maximum absolute atomic E-state index is 14.4. The standard InChI is InChI=1S/C34H35Br2N3O4S/c1-3-20-37-34(41)32(22-26-8-5-4-6-9-26)38(23-27-10-7-11-29(36)21-27)33(40)24-39(30-16-14-28(35)15-17-30)44(42,43)31-18-12-25(2)13-19-31/h4-19,21,32H,3,20,22-24H2,1-2H3,(H,37,41). The fourth-order valence-corrected chi connectivity index (χ4v) is 6.85. The zero-order chi connectivity index (χ0) is 31.7. The Hall–Kier alpha value is -3.47. The molecule has 0 aromatic heterocycles. The van der Waals surface area contributed by atoms with E-state index in [4.69, 9.17) is 0 Å². The Morgan fingerprint density at radius 1 is 0.818 bits per heavy atom. The Balaban J connectivity index is 1.79. The molecule has 0 fully saturated rings. The van der Waals surface area contributed by atoms with Gasteiger partial charge in [-0.1, -0.05) is 98.9 Å². The molecule has 0 heterocycles. The number of hydrogen-bond donors (Lipinski definition) is 1. The smallest absolute Gasteiger partial charge is 0.264 e. The van der Waals surface area contributed by atoms with Crippen LogP contribution >= 0.6 is 31.9 Å². The summed E-state index contributed by atoms with van der Waals surface area (Å²) in [4.78, 5) is 29.7. The molecular formula is C34H35Br2N3O4S. The molecule has 0 aliphatic rings. The third-order valence-electron chi connectivity index (χ3n) is 7.06. The van der Waals surface area contributed by atoms with E-state index in [9.17, 15) is 18.0 Å². The fraction of sp³-hybridized carbons (Fsp3) is 0.235. The van der Waals surface area contributed by atoms with Gasteiger partial charge in [-0.3, -0.25) is 13.9 Å². The molecule has 4 aromatic carbocycles. The minimum Gasteiger partial charge on any atom is -0.354 e. The molecule has 44 heavy (non-hydrogen) atoms. The van der Waals surface area contributed by atoms with Crippen molar-refractivity contribution in [2.75, 3.05) is 17.4 Å². The minimum absolute atomic E-state index is 0.0684. The van der Waals surface area contributed by atoms with Crippen LogP contribution in [-0.4, -0.2) is 44.3 Å². The largest absolute Gasteiger partial charge is 0.354 e. The van der Waals surface area contributed by atoms with E-state index in [-0.39, 0.29) is 23.8 Å². The van der Waals surface area contributed by atoms with E-state index in [1.165, 1.54) is 17.0 Å². The van der Waals surface area contributed by atoms with Crippen molar-refractivity contribution in [1.82, 2.24) is 10.2 Å². The molecule has 0 radical (unpaired) electrons. The van der Waals surface area contributed by atoms with Crippen LogP contribution in [0.4, 0.5) is 5.69 Å². The van der Waals surface area contributed by atoms with Crippen molar-refractivity contribution in [2.45, 2.75) is 44.2 Å². The van der Waals surface area contributed by atoms with Crippen LogP contribution in [0.3, 0.4) is 0 Å². The number of hydrogen-bond acceptors (Lipinski definition) is 4. The fourth-order valence-electron chi connectivity index (χ4n) is 4.73. The number of halogens is 2. The van der Waals surface area contributed by atoms with Crippen LogP contribution in [0.25, 0.3) is 0 Å². The highest BCUT2D eigenvalue weighted by atomic mass is 79.9. The van der Waals surface area contributed by atoms with Gasteiger partial charge in [-0.2, -0.15) is 0 Å². The van der Waals surface area contributed by atoms with Gasteiger partial charge in [0, 0.05) is 28.5 Å². The SMILES string of the molecule is CCCNC(=O)C(Cc1ccccc1)N(Cc1cccc(Br)c1)C(=O)CN(c1ccc(Br)cc1)S(=O)(=O)c1ccc(C)cc1. The van der Waals surface area contributed by atoms with Crippen molar-refractivity contribution in [3.8, 4) is 0 Å². The topological polar surface area (TPSA) is 86.8 Å². The molecule has 2 amide bonds. The summed E-state index contributed by atoms with van der Waals surface area (Å²) in [6.07, 6.45) is 0.995. The van der Waals surface area contributed by atoms with Crippen LogP contribution in [0.15, 0.2) is 117 Å². The van der Waals surface area contributed by atoms with Gasteiger partial charge in [-0.15, -0.1) is 0 Å². The first-order chi connectivity index (χ1) is 21.1. The number of carbonyl (C=O) groups is 2. The number of rotatable bonds is 13. The number of anilines is 1. The molecule has 10 heteroatoms. The van der Waals surface area contributed by atoms with E-state index >= 15 is 0 Å². The van der Waals surface area contributed by atoms with Gasteiger partial charge in [0.25, 0.3) is 10.0 Å². The monoisotopic (exact) mass is 739 g/mol. The summed E-state index contributed by atoms with van der Waals surface area (Å²) >= 11 is 6.91. The summed E-state index contributed by atoms with van der Waals surface area (Å²) in [6.45, 7) is 3.90. The van der Waals surface area contributed by atoms with Crippen molar-refractivity contribution in [3.63, 3.8) is 0 Å². The molecule has 0 aliphatic carbocycles. The number of sulfonamides is 1. The molecule has 1 N–H and O–H groups in total. The Morgan fingerprint density at radius 2 is 1.48 bits per heavy atom. The zero-order valence-electron chi connectivity index (χ0n) is 24.6. The summed E-state index contributed by atoms with van der Waals surface area (Å²) < 4.78 is 30.9. The van der Waals surface area contributed by atoms with E-state index in [1.807, 2.05) is 68.4 Å². The first-order valence-corrected chi connectivity index (χ1v) is 17.3. The molecule has 230 valence electrons. The van der Waals surface area contributed by atoms with E-state index in [1.54, 1.807) is 36.4 Å². The highest BCUT2D eigenvalue weighted by Crippen LogP contribution is 2.27. The quantitative estimate of drug-likeness (QED) is 0.162. The third-order valence-corrected chi connectivity index (χ3v) is 9.87. The minimum atomic E-state index is -4.15. The molecule has 0 bridgehead atoms. The molecule has 0 spiro atoms. The third kappa shape index (κ3) is 8.80. The first kappa shape index (κ1) is 33.4. The highest BCUT2D eigenvalue weighted by Gasteiger charge is 2.34. The van der Waals surface area contributed by atoms with Crippen molar-refractivity contribution < 1.29 is 18.0 Å². The molecular weight excluding hydrogens is 706 g/mol. The number of carbonyl (C=O) groups excluding carboxylic acids is 2. The van der Waals surface area contributed by atoms with Gasteiger partial charge >= 0.3 is 0 Å². The second kappa shape index (κ2) is 15.5. The molecule has 4 rings (SSSR count). The number of benzene rings is 4. The summed E-state index contributed by atoms with van der Waals surface area (Å²) in [5, 5.41) is 2.96. The summed E-state index contributed by atoms with van der Waals surface area (Å²) in [6, 6.07) is 29.4. The lowest BCUT2D eigenvalue weighted by Crippen LogP contribution is -2.53. The zero-order valence-corrected chi connectivity index (χ0v) is 28.6. The summed E-state index contributed by atoms with van der Waals surface area (Å²) in [5.41, 5.74) is 2.93. The van der Waals surface area contributed by atoms with Gasteiger partial charge in [-0.05, 0) is 73.0 Å².